The number of nitrogens with zero attached hydrogens (tertiary/aromatic N) is 4. The van der Waals surface area contributed by atoms with E-state index in [0.717, 1.165) is 24.2 Å². The maximum atomic E-state index is 4.61. The van der Waals surface area contributed by atoms with E-state index in [-0.39, 0.29) is 0 Å². The Morgan fingerprint density at radius 3 is 1.60 bits per heavy atom. The maximum absolute atomic E-state index is 4.61. The molecular formula is C56H36N4. The summed E-state index contributed by atoms with van der Waals surface area (Å²) in [7, 11) is 0. The maximum Gasteiger partial charge on any atom is 0.0645 e. The highest BCUT2D eigenvalue weighted by atomic mass is 15.0. The molecule has 1 aliphatic rings. The summed E-state index contributed by atoms with van der Waals surface area (Å²) in [5.74, 6) is 0. The number of rotatable bonds is 4. The van der Waals surface area contributed by atoms with Crippen LogP contribution in [0.3, 0.4) is 0 Å². The molecule has 4 heterocycles. The van der Waals surface area contributed by atoms with Gasteiger partial charge in [0.2, 0.25) is 0 Å². The second kappa shape index (κ2) is 12.8. The van der Waals surface area contributed by atoms with Crippen LogP contribution in [0.25, 0.3) is 110 Å². The molecule has 4 nitrogen and oxygen atoms in total. The van der Waals surface area contributed by atoms with Gasteiger partial charge in [0.05, 0.1) is 45.8 Å². The van der Waals surface area contributed by atoms with Crippen molar-refractivity contribution < 1.29 is 0 Å². The summed E-state index contributed by atoms with van der Waals surface area (Å²) in [6.07, 6.45) is 9.59. The Morgan fingerprint density at radius 1 is 0.367 bits per heavy atom. The van der Waals surface area contributed by atoms with Crippen LogP contribution in [0.5, 0.6) is 0 Å². The van der Waals surface area contributed by atoms with E-state index in [9.17, 15) is 0 Å². The van der Waals surface area contributed by atoms with Gasteiger partial charge < -0.3 is 9.13 Å². The van der Waals surface area contributed by atoms with Gasteiger partial charge in [0, 0.05) is 33.9 Å². The molecule has 280 valence electrons. The topological polar surface area (TPSA) is 35.6 Å². The van der Waals surface area contributed by atoms with Crippen LogP contribution in [-0.4, -0.2) is 19.1 Å². The summed E-state index contributed by atoms with van der Waals surface area (Å²) in [5.41, 5.74) is 17.3. The third-order valence-electron chi connectivity index (χ3n) is 13.0. The van der Waals surface area contributed by atoms with E-state index in [0.29, 0.717) is 0 Å². The lowest BCUT2D eigenvalue weighted by Gasteiger charge is -2.23. The molecule has 0 spiro atoms. The molecule has 0 saturated heterocycles. The van der Waals surface area contributed by atoms with Crippen molar-refractivity contribution in [2.24, 2.45) is 0 Å². The highest BCUT2D eigenvalue weighted by molar-refractivity contribution is 6.16. The fourth-order valence-electron chi connectivity index (χ4n) is 10.3. The highest BCUT2D eigenvalue weighted by Crippen LogP contribution is 2.46. The van der Waals surface area contributed by atoms with Gasteiger partial charge in [0.15, 0.2) is 0 Å². The average molecular weight is 765 g/mol. The average Bonchev–Trinajstić information content (AvgIpc) is 3.82. The lowest BCUT2D eigenvalue weighted by atomic mass is 9.83. The van der Waals surface area contributed by atoms with Crippen LogP contribution in [0.2, 0.25) is 0 Å². The predicted molar refractivity (Wildman–Crippen MR) is 249 cm³/mol. The Bertz CT molecular complexity index is 3600. The second-order valence-electron chi connectivity index (χ2n) is 16.1. The molecular weight excluding hydrogens is 729 g/mol. The van der Waals surface area contributed by atoms with Gasteiger partial charge in [0.1, 0.15) is 0 Å². The molecule has 0 fully saturated rings. The summed E-state index contributed by atoms with van der Waals surface area (Å²) in [6, 6.07) is 62.7. The van der Waals surface area contributed by atoms with Crippen LogP contribution in [-0.2, 0) is 12.8 Å². The summed E-state index contributed by atoms with van der Waals surface area (Å²) >= 11 is 0. The van der Waals surface area contributed by atoms with E-state index in [1.54, 1.807) is 0 Å². The van der Waals surface area contributed by atoms with Gasteiger partial charge in [-0.1, -0.05) is 109 Å². The van der Waals surface area contributed by atoms with Crippen molar-refractivity contribution in [1.82, 2.24) is 19.1 Å². The van der Waals surface area contributed by atoms with Crippen LogP contribution >= 0.6 is 0 Å². The molecule has 0 amide bonds. The van der Waals surface area contributed by atoms with Crippen LogP contribution in [0.4, 0.5) is 0 Å². The molecule has 0 bridgehead atoms. The number of aryl methyl sites for hydroxylation is 2. The van der Waals surface area contributed by atoms with E-state index in [1.807, 2.05) is 36.9 Å². The van der Waals surface area contributed by atoms with Crippen molar-refractivity contribution in [2.75, 3.05) is 0 Å². The van der Waals surface area contributed by atoms with E-state index < -0.39 is 0 Å². The summed E-state index contributed by atoms with van der Waals surface area (Å²) in [6.45, 7) is 0. The van der Waals surface area contributed by atoms with Crippen LogP contribution < -0.4 is 0 Å². The Morgan fingerprint density at radius 2 is 0.950 bits per heavy atom. The van der Waals surface area contributed by atoms with Gasteiger partial charge in [-0.15, -0.1) is 0 Å². The molecule has 0 atom stereocenters. The molecule has 0 N–H and O–H groups in total. The van der Waals surface area contributed by atoms with Gasteiger partial charge in [0.25, 0.3) is 0 Å². The molecule has 0 saturated carbocycles. The Labute approximate surface area is 346 Å². The standard InChI is InChI=1S/C56H36N4/c1-3-15-42-35(9-1)11-5-17-44(42)37-21-26-54-50(29-37)48-24-23-46-47(56(48)60(54)41-14-8-28-58-34-41)22-19-39-31-52-51-30-38(45-18-6-12-36-10-2-4-16-43(36)45)20-25-53(51)59(55(52)32-49(39)46)40-13-7-27-57-33-40/h1-18,20-21,23-34H,19,22H2. The smallest absolute Gasteiger partial charge is 0.0645 e. The number of aromatic nitrogens is 4. The SMILES string of the molecule is c1cncc(-n2c3ccc(-c4cccc5ccccc45)cc3c3cc4c(cc32)-c2ccc3c5cc(-c6cccc7ccccc67)ccc5n(-c5cccnc5)c3c2CC4)c1. The summed E-state index contributed by atoms with van der Waals surface area (Å²) in [5, 5.41) is 10.1. The summed E-state index contributed by atoms with van der Waals surface area (Å²) in [4.78, 5) is 9.19. The molecule has 0 aliphatic heterocycles. The largest absolute Gasteiger partial charge is 0.308 e. The fraction of sp³-hybridized carbons (Fsp3) is 0.0357. The zero-order valence-corrected chi connectivity index (χ0v) is 32.7. The fourth-order valence-corrected chi connectivity index (χ4v) is 10.3. The number of fused-ring (bicyclic) bond motifs is 12. The molecule has 8 aromatic carbocycles. The Hall–Kier alpha value is -7.82. The van der Waals surface area contributed by atoms with Gasteiger partial charge >= 0.3 is 0 Å². The van der Waals surface area contributed by atoms with E-state index in [4.69, 9.17) is 0 Å². The molecule has 12 aromatic rings. The molecule has 1 aliphatic carbocycles. The molecule has 4 heteroatoms. The van der Waals surface area contributed by atoms with E-state index >= 15 is 0 Å². The van der Waals surface area contributed by atoms with Crippen molar-refractivity contribution in [3.05, 3.63) is 206 Å². The monoisotopic (exact) mass is 764 g/mol. The predicted octanol–water partition coefficient (Wildman–Crippen LogP) is 14.1. The lowest BCUT2D eigenvalue weighted by Crippen LogP contribution is -2.07. The van der Waals surface area contributed by atoms with Crippen LogP contribution in [0.15, 0.2) is 195 Å². The Balaban J connectivity index is 1.05. The third-order valence-corrected chi connectivity index (χ3v) is 13.0. The van der Waals surface area contributed by atoms with Crippen molar-refractivity contribution in [1.29, 1.82) is 0 Å². The van der Waals surface area contributed by atoms with Crippen molar-refractivity contribution in [3.63, 3.8) is 0 Å². The van der Waals surface area contributed by atoms with Gasteiger partial charge in [-0.25, -0.2) is 0 Å². The van der Waals surface area contributed by atoms with Crippen molar-refractivity contribution in [3.8, 4) is 44.8 Å². The minimum Gasteiger partial charge on any atom is -0.308 e. The number of hydrogen-bond acceptors (Lipinski definition) is 2. The van der Waals surface area contributed by atoms with Gasteiger partial charge in [-0.2, -0.15) is 0 Å². The molecule has 60 heavy (non-hydrogen) atoms. The second-order valence-corrected chi connectivity index (χ2v) is 16.1. The first kappa shape index (κ1) is 33.2. The number of hydrogen-bond donors (Lipinski definition) is 0. The zero-order chi connectivity index (χ0) is 39.3. The van der Waals surface area contributed by atoms with Crippen molar-refractivity contribution in [2.45, 2.75) is 12.8 Å². The Kier molecular flexibility index (Phi) is 7.10. The first-order valence-electron chi connectivity index (χ1n) is 20.8. The quantitative estimate of drug-likeness (QED) is 0.179. The molecule has 4 aromatic heterocycles. The van der Waals surface area contributed by atoms with Gasteiger partial charge in [-0.3, -0.25) is 9.97 Å². The summed E-state index contributed by atoms with van der Waals surface area (Å²) < 4.78 is 4.85. The van der Waals surface area contributed by atoms with Crippen LogP contribution in [0.1, 0.15) is 11.1 Å². The third kappa shape index (κ3) is 4.85. The number of benzene rings is 8. The lowest BCUT2D eigenvalue weighted by molar-refractivity contribution is 0.944. The first-order valence-corrected chi connectivity index (χ1v) is 20.8. The minimum absolute atomic E-state index is 0.945. The van der Waals surface area contributed by atoms with Gasteiger partial charge in [-0.05, 0) is 140 Å². The zero-order valence-electron chi connectivity index (χ0n) is 32.7. The normalized spacial score (nSPS) is 12.5. The van der Waals surface area contributed by atoms with E-state index in [1.165, 1.54) is 110 Å². The molecule has 0 unspecified atom stereocenters. The van der Waals surface area contributed by atoms with Crippen LogP contribution in [0, 0.1) is 0 Å². The minimum atomic E-state index is 0.945. The number of pyridine rings is 2. The van der Waals surface area contributed by atoms with E-state index in [2.05, 4.69) is 177 Å². The first-order chi connectivity index (χ1) is 29.8. The molecule has 13 rings (SSSR count). The highest BCUT2D eigenvalue weighted by Gasteiger charge is 2.26. The molecule has 0 radical (unpaired) electrons. The van der Waals surface area contributed by atoms with Crippen molar-refractivity contribution >= 4 is 65.2 Å².